The SMILES string of the molecule is C[C@H](O)[C@@H]1COC(C)(C)O1. The molecule has 0 amide bonds. The van der Waals surface area contributed by atoms with Gasteiger partial charge in [-0.05, 0) is 20.8 Å². The predicted molar refractivity (Wildman–Crippen MR) is 36.6 cm³/mol. The molecule has 1 saturated heterocycles. The Morgan fingerprint density at radius 1 is 1.60 bits per heavy atom. The lowest BCUT2D eigenvalue weighted by molar-refractivity contribution is -0.149. The van der Waals surface area contributed by atoms with Gasteiger partial charge in [0.05, 0.1) is 12.7 Å². The molecule has 3 nitrogen and oxygen atoms in total. The maximum Gasteiger partial charge on any atom is 0.163 e. The van der Waals surface area contributed by atoms with E-state index in [1.165, 1.54) is 0 Å². The Bertz CT molecular complexity index is 120. The standard InChI is InChI=1S/C7H14O3/c1-5(8)6-4-9-7(2,3)10-6/h5-6,8H,4H2,1-3H3/t5-,6-/m0/s1. The molecule has 1 rings (SSSR count). The van der Waals surface area contributed by atoms with Gasteiger partial charge in [0.15, 0.2) is 5.79 Å². The lowest BCUT2D eigenvalue weighted by Crippen LogP contribution is -2.28. The van der Waals surface area contributed by atoms with E-state index in [0.717, 1.165) is 0 Å². The zero-order valence-corrected chi connectivity index (χ0v) is 6.63. The Balaban J connectivity index is 2.43. The zero-order chi connectivity index (χ0) is 7.78. The van der Waals surface area contributed by atoms with Crippen LogP contribution in [0.4, 0.5) is 0 Å². The highest BCUT2D eigenvalue weighted by Gasteiger charge is 2.34. The van der Waals surface area contributed by atoms with E-state index < -0.39 is 11.9 Å². The van der Waals surface area contributed by atoms with Crippen molar-refractivity contribution in [3.05, 3.63) is 0 Å². The minimum absolute atomic E-state index is 0.157. The number of hydrogen-bond acceptors (Lipinski definition) is 3. The van der Waals surface area contributed by atoms with Crippen molar-refractivity contribution in [2.24, 2.45) is 0 Å². The Morgan fingerprint density at radius 3 is 2.40 bits per heavy atom. The quantitative estimate of drug-likeness (QED) is 0.586. The van der Waals surface area contributed by atoms with Gasteiger partial charge in [0.2, 0.25) is 0 Å². The van der Waals surface area contributed by atoms with Gasteiger partial charge in [0, 0.05) is 0 Å². The van der Waals surface area contributed by atoms with Crippen LogP contribution in [0.25, 0.3) is 0 Å². The minimum atomic E-state index is -0.512. The van der Waals surface area contributed by atoms with Crippen molar-refractivity contribution in [3.8, 4) is 0 Å². The third-order valence-corrected chi connectivity index (χ3v) is 1.57. The van der Waals surface area contributed by atoms with Crippen molar-refractivity contribution >= 4 is 0 Å². The van der Waals surface area contributed by atoms with Gasteiger partial charge in [-0.15, -0.1) is 0 Å². The van der Waals surface area contributed by atoms with Gasteiger partial charge in [-0.2, -0.15) is 0 Å². The second kappa shape index (κ2) is 2.49. The molecule has 0 aromatic heterocycles. The largest absolute Gasteiger partial charge is 0.391 e. The maximum absolute atomic E-state index is 9.08. The first-order chi connectivity index (χ1) is 4.51. The molecule has 0 unspecified atom stereocenters. The van der Waals surface area contributed by atoms with Crippen LogP contribution >= 0.6 is 0 Å². The molecule has 1 aliphatic rings. The second-order valence-corrected chi connectivity index (χ2v) is 3.11. The van der Waals surface area contributed by atoms with E-state index in [2.05, 4.69) is 0 Å². The van der Waals surface area contributed by atoms with Crippen LogP contribution in [-0.2, 0) is 9.47 Å². The van der Waals surface area contributed by atoms with Crippen LogP contribution in [0, 0.1) is 0 Å². The summed E-state index contributed by atoms with van der Waals surface area (Å²) in [5, 5.41) is 9.08. The summed E-state index contributed by atoms with van der Waals surface area (Å²) in [6.45, 7) is 5.88. The predicted octanol–water partition coefficient (Wildman–Crippen LogP) is 0.519. The van der Waals surface area contributed by atoms with Gasteiger partial charge >= 0.3 is 0 Å². The molecule has 3 heteroatoms. The fourth-order valence-electron chi connectivity index (χ4n) is 0.953. The minimum Gasteiger partial charge on any atom is -0.391 e. The molecule has 10 heavy (non-hydrogen) atoms. The molecule has 2 atom stereocenters. The summed E-state index contributed by atoms with van der Waals surface area (Å²) in [6, 6.07) is 0. The van der Waals surface area contributed by atoms with Crippen molar-refractivity contribution in [2.75, 3.05) is 6.61 Å². The average Bonchev–Trinajstić information content (AvgIpc) is 2.10. The summed E-state index contributed by atoms with van der Waals surface area (Å²) in [5.41, 5.74) is 0. The average molecular weight is 146 g/mol. The third-order valence-electron chi connectivity index (χ3n) is 1.57. The Labute approximate surface area is 60.9 Å². The third kappa shape index (κ3) is 1.68. The van der Waals surface area contributed by atoms with Crippen LogP contribution in [0.15, 0.2) is 0 Å². The van der Waals surface area contributed by atoms with E-state index >= 15 is 0 Å². The lowest BCUT2D eigenvalue weighted by atomic mass is 10.2. The van der Waals surface area contributed by atoms with E-state index in [1.807, 2.05) is 13.8 Å². The molecule has 0 bridgehead atoms. The molecule has 0 aliphatic carbocycles. The summed E-state index contributed by atoms with van der Waals surface area (Å²) in [6.07, 6.45) is -0.600. The molecule has 0 aromatic rings. The van der Waals surface area contributed by atoms with Gasteiger partial charge in [-0.25, -0.2) is 0 Å². The summed E-state index contributed by atoms with van der Waals surface area (Å²) in [7, 11) is 0. The molecule has 0 aromatic carbocycles. The van der Waals surface area contributed by atoms with Gasteiger partial charge in [-0.3, -0.25) is 0 Å². The summed E-state index contributed by atoms with van der Waals surface area (Å²) in [5.74, 6) is -0.512. The highest BCUT2D eigenvalue weighted by molar-refractivity contribution is 4.74. The molecule has 1 aliphatic heterocycles. The Morgan fingerprint density at radius 2 is 2.20 bits per heavy atom. The van der Waals surface area contributed by atoms with Crippen molar-refractivity contribution in [2.45, 2.75) is 38.8 Å². The van der Waals surface area contributed by atoms with Crippen molar-refractivity contribution in [1.82, 2.24) is 0 Å². The van der Waals surface area contributed by atoms with E-state index in [4.69, 9.17) is 14.6 Å². The first kappa shape index (κ1) is 7.98. The van der Waals surface area contributed by atoms with Crippen LogP contribution in [0.5, 0.6) is 0 Å². The molecule has 1 fully saturated rings. The van der Waals surface area contributed by atoms with E-state index in [1.54, 1.807) is 6.92 Å². The molecule has 1 heterocycles. The first-order valence-electron chi connectivity index (χ1n) is 3.51. The number of ether oxygens (including phenoxy) is 2. The molecule has 0 radical (unpaired) electrons. The van der Waals surface area contributed by atoms with Crippen LogP contribution in [0.2, 0.25) is 0 Å². The molecule has 1 N–H and O–H groups in total. The number of rotatable bonds is 1. The Kier molecular flexibility index (Phi) is 1.99. The van der Waals surface area contributed by atoms with Crippen molar-refractivity contribution in [3.63, 3.8) is 0 Å². The molecule has 60 valence electrons. The van der Waals surface area contributed by atoms with Gasteiger partial charge < -0.3 is 14.6 Å². The topological polar surface area (TPSA) is 38.7 Å². The van der Waals surface area contributed by atoms with Crippen LogP contribution in [0.1, 0.15) is 20.8 Å². The zero-order valence-electron chi connectivity index (χ0n) is 6.63. The smallest absolute Gasteiger partial charge is 0.163 e. The highest BCUT2D eigenvalue weighted by Crippen LogP contribution is 2.23. The fraction of sp³-hybridized carbons (Fsp3) is 1.00. The lowest BCUT2D eigenvalue weighted by Gasteiger charge is -2.17. The Hall–Kier alpha value is -0.120. The monoisotopic (exact) mass is 146 g/mol. The number of aliphatic hydroxyl groups excluding tert-OH is 1. The van der Waals surface area contributed by atoms with Crippen LogP contribution in [-0.4, -0.2) is 29.7 Å². The number of hydrogen-bond donors (Lipinski definition) is 1. The van der Waals surface area contributed by atoms with Gasteiger partial charge in [0.25, 0.3) is 0 Å². The van der Waals surface area contributed by atoms with Crippen LogP contribution < -0.4 is 0 Å². The fourth-order valence-corrected chi connectivity index (χ4v) is 0.953. The summed E-state index contributed by atoms with van der Waals surface area (Å²) < 4.78 is 10.6. The summed E-state index contributed by atoms with van der Waals surface area (Å²) in [4.78, 5) is 0. The summed E-state index contributed by atoms with van der Waals surface area (Å²) >= 11 is 0. The molecular formula is C7H14O3. The second-order valence-electron chi connectivity index (χ2n) is 3.11. The number of aliphatic hydroxyl groups is 1. The van der Waals surface area contributed by atoms with Crippen molar-refractivity contribution in [1.29, 1.82) is 0 Å². The van der Waals surface area contributed by atoms with Gasteiger partial charge in [0.1, 0.15) is 6.10 Å². The van der Waals surface area contributed by atoms with Crippen LogP contribution in [0.3, 0.4) is 0 Å². The van der Waals surface area contributed by atoms with E-state index in [0.29, 0.717) is 6.61 Å². The maximum atomic E-state index is 9.08. The molecular weight excluding hydrogens is 132 g/mol. The first-order valence-corrected chi connectivity index (χ1v) is 3.51. The molecule has 0 saturated carbocycles. The van der Waals surface area contributed by atoms with Crippen molar-refractivity contribution < 1.29 is 14.6 Å². The highest BCUT2D eigenvalue weighted by atomic mass is 16.7. The van der Waals surface area contributed by atoms with Gasteiger partial charge in [-0.1, -0.05) is 0 Å². The van der Waals surface area contributed by atoms with E-state index in [-0.39, 0.29) is 6.10 Å². The molecule has 0 spiro atoms. The van der Waals surface area contributed by atoms with E-state index in [9.17, 15) is 0 Å². The normalized spacial score (nSPS) is 34.2.